The molecule has 0 bridgehead atoms. The van der Waals surface area contributed by atoms with Gasteiger partial charge in [-0.2, -0.15) is 0 Å². The number of benzene rings is 3. The number of anilines is 1. The van der Waals surface area contributed by atoms with E-state index < -0.39 is 40.2 Å². The summed E-state index contributed by atoms with van der Waals surface area (Å²) in [4.78, 5) is 27.8. The highest BCUT2D eigenvalue weighted by Crippen LogP contribution is 2.28. The Labute approximate surface area is 223 Å². The van der Waals surface area contributed by atoms with Crippen molar-refractivity contribution in [3.63, 3.8) is 0 Å². The van der Waals surface area contributed by atoms with Crippen molar-refractivity contribution in [3.05, 3.63) is 89.7 Å². The Morgan fingerprint density at radius 2 is 1.68 bits per heavy atom. The average molecular weight is 542 g/mol. The number of aryl methyl sites for hydroxylation is 1. The molecule has 0 aliphatic carbocycles. The van der Waals surface area contributed by atoms with Crippen LogP contribution in [0.1, 0.15) is 25.0 Å². The Morgan fingerprint density at radius 3 is 2.29 bits per heavy atom. The SMILES string of the molecule is CCNC(=O)[C@H](C)N(Cc1ccc(F)cc1)C(=O)CN(c1cccc(OC)c1)S(=O)(=O)c1ccc(C)cc1. The van der Waals surface area contributed by atoms with Crippen LogP contribution in [0.2, 0.25) is 0 Å². The molecule has 8 nitrogen and oxygen atoms in total. The van der Waals surface area contributed by atoms with Gasteiger partial charge in [-0.3, -0.25) is 13.9 Å². The number of ether oxygens (including phenoxy) is 1. The monoisotopic (exact) mass is 541 g/mol. The molecule has 0 saturated carbocycles. The molecule has 0 spiro atoms. The zero-order valence-electron chi connectivity index (χ0n) is 21.8. The number of nitrogens with zero attached hydrogens (tertiary/aromatic N) is 2. The van der Waals surface area contributed by atoms with Crippen molar-refractivity contribution in [1.82, 2.24) is 10.2 Å². The van der Waals surface area contributed by atoms with Crippen molar-refractivity contribution in [2.24, 2.45) is 0 Å². The molecule has 38 heavy (non-hydrogen) atoms. The number of carbonyl (C=O) groups is 2. The molecule has 0 aromatic heterocycles. The van der Waals surface area contributed by atoms with Gasteiger partial charge in [-0.15, -0.1) is 0 Å². The van der Waals surface area contributed by atoms with Crippen LogP contribution in [0.5, 0.6) is 5.75 Å². The van der Waals surface area contributed by atoms with E-state index in [2.05, 4.69) is 5.32 Å². The minimum absolute atomic E-state index is 0.0144. The molecule has 3 aromatic rings. The zero-order valence-corrected chi connectivity index (χ0v) is 22.7. The molecule has 0 radical (unpaired) electrons. The lowest BCUT2D eigenvalue weighted by Gasteiger charge is -2.32. The van der Waals surface area contributed by atoms with Crippen LogP contribution in [0, 0.1) is 12.7 Å². The average Bonchev–Trinajstić information content (AvgIpc) is 2.91. The van der Waals surface area contributed by atoms with Gasteiger partial charge in [-0.05, 0) is 62.7 Å². The highest BCUT2D eigenvalue weighted by molar-refractivity contribution is 7.92. The molecule has 0 fully saturated rings. The summed E-state index contributed by atoms with van der Waals surface area (Å²) < 4.78 is 47.4. The number of halogens is 1. The van der Waals surface area contributed by atoms with Crippen LogP contribution in [-0.2, 0) is 26.2 Å². The lowest BCUT2D eigenvalue weighted by molar-refractivity contribution is -0.139. The minimum Gasteiger partial charge on any atom is -0.497 e. The summed E-state index contributed by atoms with van der Waals surface area (Å²) in [5.74, 6) is -1.02. The molecular formula is C28H32FN3O5S. The number of likely N-dealkylation sites (N-methyl/N-ethyl adjacent to an activating group) is 1. The molecule has 3 rings (SSSR count). The summed E-state index contributed by atoms with van der Waals surface area (Å²) in [5, 5.41) is 2.70. The third kappa shape index (κ3) is 6.89. The predicted octanol–water partition coefficient (Wildman–Crippen LogP) is 3.89. The van der Waals surface area contributed by atoms with E-state index in [9.17, 15) is 22.4 Å². The molecule has 0 saturated heterocycles. The highest BCUT2D eigenvalue weighted by Gasteiger charge is 2.32. The largest absolute Gasteiger partial charge is 0.497 e. The first kappa shape index (κ1) is 28.6. The Balaban J connectivity index is 2.04. The summed E-state index contributed by atoms with van der Waals surface area (Å²) in [6.07, 6.45) is 0. The number of rotatable bonds is 11. The van der Waals surface area contributed by atoms with Crippen molar-refractivity contribution in [1.29, 1.82) is 0 Å². The maximum Gasteiger partial charge on any atom is 0.264 e. The van der Waals surface area contributed by atoms with Crippen molar-refractivity contribution in [3.8, 4) is 5.75 Å². The van der Waals surface area contributed by atoms with E-state index in [0.29, 0.717) is 17.9 Å². The molecule has 1 atom stereocenters. The quantitative estimate of drug-likeness (QED) is 0.397. The minimum atomic E-state index is -4.18. The summed E-state index contributed by atoms with van der Waals surface area (Å²) in [5.41, 5.74) is 1.70. The fourth-order valence-electron chi connectivity index (χ4n) is 3.82. The van der Waals surface area contributed by atoms with E-state index >= 15 is 0 Å². The first-order chi connectivity index (χ1) is 18.1. The third-order valence-corrected chi connectivity index (χ3v) is 7.80. The standard InChI is InChI=1S/C28H32FN3O5S/c1-5-30-28(34)21(3)31(18-22-11-13-23(29)14-12-22)27(33)19-32(24-7-6-8-25(17-24)37-4)38(35,36)26-15-9-20(2)10-16-26/h6-17,21H,5,18-19H2,1-4H3,(H,30,34)/t21-/m0/s1. The normalized spacial score (nSPS) is 11.9. The molecule has 2 amide bonds. The smallest absolute Gasteiger partial charge is 0.264 e. The summed E-state index contributed by atoms with van der Waals surface area (Å²) in [7, 11) is -2.72. The maximum absolute atomic E-state index is 13.8. The molecule has 3 aromatic carbocycles. The van der Waals surface area contributed by atoms with Gasteiger partial charge in [-0.1, -0.05) is 35.9 Å². The van der Waals surface area contributed by atoms with Crippen LogP contribution in [0.3, 0.4) is 0 Å². The Kier molecular flexibility index (Phi) is 9.46. The third-order valence-electron chi connectivity index (χ3n) is 6.01. The van der Waals surface area contributed by atoms with Gasteiger partial charge >= 0.3 is 0 Å². The molecule has 0 aliphatic rings. The molecule has 0 heterocycles. The van der Waals surface area contributed by atoms with Gasteiger partial charge < -0.3 is 15.0 Å². The molecule has 1 N–H and O–H groups in total. The summed E-state index contributed by atoms with van der Waals surface area (Å²) >= 11 is 0. The van der Waals surface area contributed by atoms with Crippen LogP contribution >= 0.6 is 0 Å². The van der Waals surface area contributed by atoms with Crippen molar-refractivity contribution in [2.45, 2.75) is 38.3 Å². The van der Waals surface area contributed by atoms with Gasteiger partial charge in [0.1, 0.15) is 24.2 Å². The van der Waals surface area contributed by atoms with Crippen LogP contribution in [-0.4, -0.2) is 51.4 Å². The van der Waals surface area contributed by atoms with E-state index in [1.54, 1.807) is 44.2 Å². The first-order valence-corrected chi connectivity index (χ1v) is 13.6. The molecule has 10 heteroatoms. The number of hydrogen-bond donors (Lipinski definition) is 1. The second kappa shape index (κ2) is 12.6. The second-order valence-corrected chi connectivity index (χ2v) is 10.6. The fraction of sp³-hybridized carbons (Fsp3) is 0.286. The maximum atomic E-state index is 13.8. The van der Waals surface area contributed by atoms with Crippen LogP contribution < -0.4 is 14.4 Å². The van der Waals surface area contributed by atoms with Gasteiger partial charge in [0.15, 0.2) is 0 Å². The van der Waals surface area contributed by atoms with Gasteiger partial charge in [0.25, 0.3) is 10.0 Å². The van der Waals surface area contributed by atoms with Crippen LogP contribution in [0.25, 0.3) is 0 Å². The number of methoxy groups -OCH3 is 1. The van der Waals surface area contributed by atoms with E-state index in [1.807, 2.05) is 6.92 Å². The van der Waals surface area contributed by atoms with Crippen LogP contribution in [0.15, 0.2) is 77.7 Å². The summed E-state index contributed by atoms with van der Waals surface area (Å²) in [6, 6.07) is 17.4. The van der Waals surface area contributed by atoms with E-state index in [-0.39, 0.29) is 17.1 Å². The van der Waals surface area contributed by atoms with E-state index in [4.69, 9.17) is 4.74 Å². The lowest BCUT2D eigenvalue weighted by atomic mass is 10.1. The topological polar surface area (TPSA) is 96.0 Å². The Morgan fingerprint density at radius 1 is 1.03 bits per heavy atom. The fourth-order valence-corrected chi connectivity index (χ4v) is 5.23. The molecule has 0 aliphatic heterocycles. The first-order valence-electron chi connectivity index (χ1n) is 12.1. The predicted molar refractivity (Wildman–Crippen MR) is 144 cm³/mol. The lowest BCUT2D eigenvalue weighted by Crippen LogP contribution is -2.51. The highest BCUT2D eigenvalue weighted by atomic mass is 32.2. The number of carbonyl (C=O) groups excluding carboxylic acids is 2. The second-order valence-electron chi connectivity index (χ2n) is 8.74. The van der Waals surface area contributed by atoms with Crippen molar-refractivity contribution < 1.29 is 27.1 Å². The van der Waals surface area contributed by atoms with Gasteiger partial charge in [0.05, 0.1) is 17.7 Å². The Bertz CT molecular complexity index is 1360. The number of amides is 2. The molecule has 0 unspecified atom stereocenters. The van der Waals surface area contributed by atoms with Crippen LogP contribution in [0.4, 0.5) is 10.1 Å². The van der Waals surface area contributed by atoms with Gasteiger partial charge in [-0.25, -0.2) is 12.8 Å². The van der Waals surface area contributed by atoms with Crippen molar-refractivity contribution in [2.75, 3.05) is 24.5 Å². The number of sulfonamides is 1. The molecule has 202 valence electrons. The zero-order chi connectivity index (χ0) is 27.9. The number of hydrogen-bond acceptors (Lipinski definition) is 5. The van der Waals surface area contributed by atoms with Gasteiger partial charge in [0, 0.05) is 19.2 Å². The van der Waals surface area contributed by atoms with Gasteiger partial charge in [0.2, 0.25) is 11.8 Å². The van der Waals surface area contributed by atoms with E-state index in [1.165, 1.54) is 54.5 Å². The van der Waals surface area contributed by atoms with E-state index in [0.717, 1.165) is 9.87 Å². The number of nitrogens with one attached hydrogen (secondary N) is 1. The summed E-state index contributed by atoms with van der Waals surface area (Å²) in [6.45, 7) is 4.93. The molecular weight excluding hydrogens is 509 g/mol. The van der Waals surface area contributed by atoms with Crippen molar-refractivity contribution >= 4 is 27.5 Å². The Hall–Kier alpha value is -3.92.